The molecule has 7 heteroatoms. The lowest BCUT2D eigenvalue weighted by Gasteiger charge is -2.20. The van der Waals surface area contributed by atoms with E-state index in [2.05, 4.69) is 0 Å². The Morgan fingerprint density at radius 1 is 1.19 bits per heavy atom. The van der Waals surface area contributed by atoms with Crippen LogP contribution in [0.1, 0.15) is 19.3 Å². The number of carbonyl (C=O) groups is 2. The topological polar surface area (TPSA) is 113 Å². The number of carboxylic acid groups (broad SMARTS) is 1. The lowest BCUT2D eigenvalue weighted by atomic mass is 9.83. The third-order valence-electron chi connectivity index (χ3n) is 3.84. The van der Waals surface area contributed by atoms with Crippen LogP contribution in [0.4, 0.5) is 0 Å². The van der Waals surface area contributed by atoms with Gasteiger partial charge < -0.3 is 24.8 Å². The molecule has 0 aromatic carbocycles. The number of esters is 1. The molecule has 2 aliphatic heterocycles. The SMILES string of the molecule is O=C(O)C1C2C=CC(O2)C1C(=O)OCCCCC(O)CO. The molecule has 0 radical (unpaired) electrons. The van der Waals surface area contributed by atoms with Crippen molar-refractivity contribution in [3.63, 3.8) is 0 Å². The van der Waals surface area contributed by atoms with E-state index in [0.29, 0.717) is 19.3 Å². The minimum absolute atomic E-state index is 0.168. The van der Waals surface area contributed by atoms with E-state index in [0.717, 1.165) is 0 Å². The highest BCUT2D eigenvalue weighted by Gasteiger charge is 2.53. The zero-order valence-corrected chi connectivity index (χ0v) is 11.6. The first-order chi connectivity index (χ1) is 10.0. The molecule has 118 valence electrons. The molecule has 7 nitrogen and oxygen atoms in total. The molecule has 1 saturated heterocycles. The van der Waals surface area contributed by atoms with Crippen molar-refractivity contribution in [3.05, 3.63) is 12.2 Å². The van der Waals surface area contributed by atoms with Crippen LogP contribution in [0.2, 0.25) is 0 Å². The maximum Gasteiger partial charge on any atom is 0.312 e. The van der Waals surface area contributed by atoms with Crippen LogP contribution in [0.25, 0.3) is 0 Å². The molecule has 5 atom stereocenters. The Balaban J connectivity index is 1.76. The highest BCUT2D eigenvalue weighted by Crippen LogP contribution is 2.39. The van der Waals surface area contributed by atoms with Gasteiger partial charge in [-0.3, -0.25) is 9.59 Å². The minimum atomic E-state index is -1.06. The number of aliphatic hydroxyl groups excluding tert-OH is 2. The van der Waals surface area contributed by atoms with E-state index < -0.39 is 42.1 Å². The van der Waals surface area contributed by atoms with E-state index in [9.17, 15) is 14.7 Å². The second-order valence-corrected chi connectivity index (χ2v) is 5.34. The van der Waals surface area contributed by atoms with Gasteiger partial charge in [0.2, 0.25) is 0 Å². The summed E-state index contributed by atoms with van der Waals surface area (Å²) in [5, 5.41) is 27.0. The van der Waals surface area contributed by atoms with Crippen molar-refractivity contribution in [2.45, 2.75) is 37.6 Å². The molecule has 0 aromatic rings. The highest BCUT2D eigenvalue weighted by molar-refractivity contribution is 5.84. The highest BCUT2D eigenvalue weighted by atomic mass is 16.5. The maximum absolute atomic E-state index is 12.0. The molecular formula is C14H20O7. The van der Waals surface area contributed by atoms with Crippen LogP contribution < -0.4 is 0 Å². The summed E-state index contributed by atoms with van der Waals surface area (Å²) in [6.07, 6.45) is 3.16. The van der Waals surface area contributed by atoms with Crippen molar-refractivity contribution < 1.29 is 34.4 Å². The molecule has 0 aromatic heterocycles. The van der Waals surface area contributed by atoms with Gasteiger partial charge >= 0.3 is 11.9 Å². The number of hydrogen-bond acceptors (Lipinski definition) is 6. The summed E-state index contributed by atoms with van der Waals surface area (Å²) in [5.74, 6) is -3.29. The van der Waals surface area contributed by atoms with Crippen LogP contribution in [0.3, 0.4) is 0 Å². The number of fused-ring (bicyclic) bond motifs is 2. The van der Waals surface area contributed by atoms with Gasteiger partial charge in [-0.25, -0.2) is 0 Å². The Morgan fingerprint density at radius 3 is 2.48 bits per heavy atom. The number of carbonyl (C=O) groups excluding carboxylic acids is 1. The third-order valence-corrected chi connectivity index (χ3v) is 3.84. The van der Waals surface area contributed by atoms with E-state index in [4.69, 9.17) is 19.7 Å². The first-order valence-corrected chi connectivity index (χ1v) is 7.06. The number of hydrogen-bond donors (Lipinski definition) is 3. The van der Waals surface area contributed by atoms with Gasteiger partial charge in [-0.1, -0.05) is 12.2 Å². The Labute approximate surface area is 122 Å². The second-order valence-electron chi connectivity index (χ2n) is 5.34. The second kappa shape index (κ2) is 7.02. The Hall–Kier alpha value is -1.44. The van der Waals surface area contributed by atoms with E-state index in [-0.39, 0.29) is 13.2 Å². The summed E-state index contributed by atoms with van der Waals surface area (Å²) in [7, 11) is 0. The molecule has 0 aliphatic carbocycles. The molecule has 0 spiro atoms. The van der Waals surface area contributed by atoms with Crippen LogP contribution in [-0.4, -0.2) is 58.8 Å². The minimum Gasteiger partial charge on any atom is -0.481 e. The molecular weight excluding hydrogens is 280 g/mol. The van der Waals surface area contributed by atoms with Gasteiger partial charge in [0.05, 0.1) is 31.5 Å². The fourth-order valence-corrected chi connectivity index (χ4v) is 2.73. The van der Waals surface area contributed by atoms with E-state index in [1.165, 1.54) is 0 Å². The van der Waals surface area contributed by atoms with Gasteiger partial charge in [0.25, 0.3) is 0 Å². The van der Waals surface area contributed by atoms with Crippen LogP contribution >= 0.6 is 0 Å². The van der Waals surface area contributed by atoms with Gasteiger partial charge in [-0.05, 0) is 19.3 Å². The average Bonchev–Trinajstić information content (AvgIpc) is 3.06. The monoisotopic (exact) mass is 300 g/mol. The van der Waals surface area contributed by atoms with Crippen molar-refractivity contribution in [2.24, 2.45) is 11.8 Å². The van der Waals surface area contributed by atoms with Crippen molar-refractivity contribution in [3.8, 4) is 0 Å². The summed E-state index contributed by atoms with van der Waals surface area (Å²) >= 11 is 0. The van der Waals surface area contributed by atoms with E-state index in [1.807, 2.05) is 0 Å². The predicted molar refractivity (Wildman–Crippen MR) is 70.3 cm³/mol. The Bertz CT molecular complexity index is 420. The average molecular weight is 300 g/mol. The standard InChI is InChI=1S/C14H20O7/c15-7-8(16)3-1-2-6-20-14(19)12-10-5-4-9(21-10)11(12)13(17)18/h4-5,8-12,15-16H,1-3,6-7H2,(H,17,18). The number of aliphatic carboxylic acids is 1. The molecule has 5 unspecified atom stereocenters. The van der Waals surface area contributed by atoms with Crippen LogP contribution in [-0.2, 0) is 19.1 Å². The molecule has 2 heterocycles. The summed E-state index contributed by atoms with van der Waals surface area (Å²) in [4.78, 5) is 23.2. The van der Waals surface area contributed by atoms with Gasteiger partial charge in [0, 0.05) is 0 Å². The van der Waals surface area contributed by atoms with Crippen molar-refractivity contribution >= 4 is 11.9 Å². The van der Waals surface area contributed by atoms with Crippen LogP contribution in [0.15, 0.2) is 12.2 Å². The van der Waals surface area contributed by atoms with Gasteiger partial charge in [-0.15, -0.1) is 0 Å². The number of unbranched alkanes of at least 4 members (excludes halogenated alkanes) is 1. The summed E-state index contributed by atoms with van der Waals surface area (Å²) in [6.45, 7) is -0.115. The van der Waals surface area contributed by atoms with Crippen molar-refractivity contribution in [2.75, 3.05) is 13.2 Å². The van der Waals surface area contributed by atoms with Gasteiger partial charge in [-0.2, -0.15) is 0 Å². The fraction of sp³-hybridized carbons (Fsp3) is 0.714. The molecule has 0 saturated carbocycles. The predicted octanol–water partition coefficient (Wildman–Crippen LogP) is -0.293. The maximum atomic E-state index is 12.0. The van der Waals surface area contributed by atoms with Gasteiger partial charge in [0.1, 0.15) is 11.8 Å². The number of rotatable bonds is 8. The molecule has 2 aliphatic rings. The molecule has 0 amide bonds. The Kier molecular flexibility index (Phi) is 5.33. The number of aliphatic hydroxyl groups is 2. The summed E-state index contributed by atoms with van der Waals surface area (Å²) in [6, 6.07) is 0. The zero-order valence-electron chi connectivity index (χ0n) is 11.6. The Morgan fingerprint density at radius 2 is 1.86 bits per heavy atom. The summed E-state index contributed by atoms with van der Waals surface area (Å²) < 4.78 is 10.5. The number of carboxylic acids is 1. The lowest BCUT2D eigenvalue weighted by Crippen LogP contribution is -2.37. The first-order valence-electron chi connectivity index (χ1n) is 7.06. The quantitative estimate of drug-likeness (QED) is 0.320. The van der Waals surface area contributed by atoms with Crippen molar-refractivity contribution in [1.29, 1.82) is 0 Å². The zero-order chi connectivity index (χ0) is 15.4. The summed E-state index contributed by atoms with van der Waals surface area (Å²) in [5.41, 5.74) is 0. The molecule has 3 N–H and O–H groups in total. The number of ether oxygens (including phenoxy) is 2. The largest absolute Gasteiger partial charge is 0.481 e. The first kappa shape index (κ1) is 15.9. The molecule has 2 bridgehead atoms. The van der Waals surface area contributed by atoms with Gasteiger partial charge in [0.15, 0.2) is 0 Å². The fourth-order valence-electron chi connectivity index (χ4n) is 2.73. The van der Waals surface area contributed by atoms with Crippen LogP contribution in [0, 0.1) is 11.8 Å². The molecule has 1 fully saturated rings. The molecule has 21 heavy (non-hydrogen) atoms. The smallest absolute Gasteiger partial charge is 0.312 e. The lowest BCUT2D eigenvalue weighted by molar-refractivity contribution is -0.157. The van der Waals surface area contributed by atoms with Crippen molar-refractivity contribution in [1.82, 2.24) is 0 Å². The molecule has 2 rings (SSSR count). The third kappa shape index (κ3) is 3.61. The van der Waals surface area contributed by atoms with E-state index >= 15 is 0 Å². The van der Waals surface area contributed by atoms with Crippen LogP contribution in [0.5, 0.6) is 0 Å². The van der Waals surface area contributed by atoms with E-state index in [1.54, 1.807) is 12.2 Å². The normalized spacial score (nSPS) is 31.3.